The van der Waals surface area contributed by atoms with Gasteiger partial charge in [0, 0.05) is 0 Å². The first-order valence-electron chi connectivity index (χ1n) is 9.17. The Kier molecular flexibility index (Phi) is 6.59. The predicted octanol–water partition coefficient (Wildman–Crippen LogP) is 2.50. The maximum atomic E-state index is 12.4. The Morgan fingerprint density at radius 2 is 1.90 bits per heavy atom. The molecule has 3 aromatic rings. The lowest BCUT2D eigenvalue weighted by Gasteiger charge is -2.15. The minimum atomic E-state index is -3.74. The SMILES string of the molecule is Cc1ccc(-n2cnnc2SCC(=O)NC(C)c2ccc(S(N)(=O)=O)cc2)c(C)c1. The lowest BCUT2D eigenvalue weighted by atomic mass is 10.1. The zero-order chi connectivity index (χ0) is 21.9. The van der Waals surface area contributed by atoms with Crippen LogP contribution in [0.3, 0.4) is 0 Å². The van der Waals surface area contributed by atoms with Gasteiger partial charge >= 0.3 is 0 Å². The molecule has 0 saturated heterocycles. The molecule has 0 aliphatic rings. The lowest BCUT2D eigenvalue weighted by molar-refractivity contribution is -0.119. The van der Waals surface area contributed by atoms with Crippen molar-refractivity contribution in [3.8, 4) is 5.69 Å². The van der Waals surface area contributed by atoms with Crippen molar-refractivity contribution in [2.24, 2.45) is 5.14 Å². The van der Waals surface area contributed by atoms with Gasteiger partial charge in [0.25, 0.3) is 0 Å². The number of aryl methyl sites for hydroxylation is 2. The molecule has 30 heavy (non-hydrogen) atoms. The average Bonchev–Trinajstić information content (AvgIpc) is 3.14. The van der Waals surface area contributed by atoms with E-state index in [2.05, 4.69) is 21.6 Å². The van der Waals surface area contributed by atoms with Crippen molar-refractivity contribution in [1.82, 2.24) is 20.1 Å². The molecule has 0 fully saturated rings. The molecule has 1 atom stereocenters. The summed E-state index contributed by atoms with van der Waals surface area (Å²) in [6, 6.07) is 11.9. The molecule has 8 nitrogen and oxygen atoms in total. The Bertz CT molecular complexity index is 1160. The number of carbonyl (C=O) groups excluding carboxylic acids is 1. The third-order valence-corrected chi connectivity index (χ3v) is 6.42. The minimum Gasteiger partial charge on any atom is -0.349 e. The number of hydrogen-bond donors (Lipinski definition) is 2. The Hall–Kier alpha value is -2.69. The maximum Gasteiger partial charge on any atom is 0.238 e. The van der Waals surface area contributed by atoms with Crippen molar-refractivity contribution >= 4 is 27.7 Å². The number of rotatable bonds is 7. The lowest BCUT2D eigenvalue weighted by Crippen LogP contribution is -2.28. The summed E-state index contributed by atoms with van der Waals surface area (Å²) in [6.07, 6.45) is 1.63. The summed E-state index contributed by atoms with van der Waals surface area (Å²) in [5, 5.41) is 16.7. The standard InChI is InChI=1S/C20H23N5O3S2/c1-13-4-9-18(14(2)10-13)25-12-22-24-20(25)29-11-19(26)23-15(3)16-5-7-17(8-6-16)30(21,27)28/h4-10,12,15H,11H2,1-3H3,(H,23,26)(H2,21,27,28). The maximum absolute atomic E-state index is 12.4. The van der Waals surface area contributed by atoms with Crippen molar-refractivity contribution in [3.63, 3.8) is 0 Å². The van der Waals surface area contributed by atoms with Crippen LogP contribution in [0.2, 0.25) is 0 Å². The molecule has 0 aliphatic carbocycles. The fourth-order valence-electron chi connectivity index (χ4n) is 3.01. The van der Waals surface area contributed by atoms with E-state index in [9.17, 15) is 13.2 Å². The molecule has 0 aliphatic heterocycles. The zero-order valence-electron chi connectivity index (χ0n) is 16.9. The van der Waals surface area contributed by atoms with E-state index in [-0.39, 0.29) is 22.6 Å². The molecule has 1 aromatic heterocycles. The summed E-state index contributed by atoms with van der Waals surface area (Å²) < 4.78 is 24.6. The van der Waals surface area contributed by atoms with Crippen LogP contribution in [0.25, 0.3) is 5.69 Å². The van der Waals surface area contributed by atoms with Gasteiger partial charge in [0.1, 0.15) is 6.33 Å². The highest BCUT2D eigenvalue weighted by Crippen LogP contribution is 2.23. The predicted molar refractivity (Wildman–Crippen MR) is 116 cm³/mol. The number of nitrogens with two attached hydrogens (primary N) is 1. The summed E-state index contributed by atoms with van der Waals surface area (Å²) in [7, 11) is -3.74. The summed E-state index contributed by atoms with van der Waals surface area (Å²) >= 11 is 1.29. The molecule has 0 spiro atoms. The van der Waals surface area contributed by atoms with Crippen molar-refractivity contribution in [1.29, 1.82) is 0 Å². The molecular weight excluding hydrogens is 422 g/mol. The summed E-state index contributed by atoms with van der Waals surface area (Å²) in [4.78, 5) is 12.4. The number of aromatic nitrogens is 3. The molecule has 158 valence electrons. The Balaban J connectivity index is 1.62. The largest absolute Gasteiger partial charge is 0.349 e. The number of nitrogens with one attached hydrogen (secondary N) is 1. The van der Waals surface area contributed by atoms with Crippen LogP contribution in [0.15, 0.2) is 58.8 Å². The molecule has 1 heterocycles. The van der Waals surface area contributed by atoms with E-state index < -0.39 is 10.0 Å². The van der Waals surface area contributed by atoms with Crippen LogP contribution in [0.1, 0.15) is 29.7 Å². The van der Waals surface area contributed by atoms with Gasteiger partial charge in [-0.05, 0) is 50.1 Å². The van der Waals surface area contributed by atoms with Gasteiger partial charge in [0.05, 0.1) is 22.4 Å². The highest BCUT2D eigenvalue weighted by atomic mass is 32.2. The highest BCUT2D eigenvalue weighted by Gasteiger charge is 2.15. The average molecular weight is 446 g/mol. The second-order valence-electron chi connectivity index (χ2n) is 6.97. The van der Waals surface area contributed by atoms with Crippen molar-refractivity contribution in [2.45, 2.75) is 36.9 Å². The van der Waals surface area contributed by atoms with Crippen LogP contribution in [0.4, 0.5) is 0 Å². The number of benzene rings is 2. The van der Waals surface area contributed by atoms with Gasteiger partial charge in [0.15, 0.2) is 5.16 Å². The van der Waals surface area contributed by atoms with E-state index >= 15 is 0 Å². The molecule has 3 rings (SSSR count). The minimum absolute atomic E-state index is 0.0334. The zero-order valence-corrected chi connectivity index (χ0v) is 18.5. The van der Waals surface area contributed by atoms with Gasteiger partial charge in [-0.25, -0.2) is 13.6 Å². The number of primary sulfonamides is 1. The van der Waals surface area contributed by atoms with Crippen molar-refractivity contribution in [3.05, 3.63) is 65.5 Å². The summed E-state index contributed by atoms with van der Waals surface area (Å²) in [5.74, 6) is 0.00151. The first-order chi connectivity index (χ1) is 14.1. The molecule has 1 amide bonds. The van der Waals surface area contributed by atoms with Crippen LogP contribution in [-0.4, -0.2) is 34.8 Å². The quantitative estimate of drug-likeness (QED) is 0.539. The Morgan fingerprint density at radius 1 is 1.20 bits per heavy atom. The number of nitrogens with zero attached hydrogens (tertiary/aromatic N) is 3. The fraction of sp³-hybridized carbons (Fsp3) is 0.250. The third-order valence-electron chi connectivity index (χ3n) is 4.55. The fourth-order valence-corrected chi connectivity index (χ4v) is 4.25. The van der Waals surface area contributed by atoms with Crippen LogP contribution >= 0.6 is 11.8 Å². The van der Waals surface area contributed by atoms with E-state index in [0.717, 1.165) is 16.8 Å². The number of carbonyl (C=O) groups is 1. The van der Waals surface area contributed by atoms with Gasteiger partial charge in [-0.1, -0.05) is 41.6 Å². The monoisotopic (exact) mass is 445 g/mol. The number of amides is 1. The molecule has 10 heteroatoms. The molecule has 3 N–H and O–H groups in total. The van der Waals surface area contributed by atoms with Crippen LogP contribution in [0, 0.1) is 13.8 Å². The van der Waals surface area contributed by atoms with Gasteiger partial charge in [0.2, 0.25) is 15.9 Å². The van der Waals surface area contributed by atoms with Gasteiger partial charge in [-0.15, -0.1) is 10.2 Å². The van der Waals surface area contributed by atoms with Gasteiger partial charge in [-0.2, -0.15) is 0 Å². The van der Waals surface area contributed by atoms with E-state index in [0.29, 0.717) is 5.16 Å². The van der Waals surface area contributed by atoms with Crippen LogP contribution < -0.4 is 10.5 Å². The second-order valence-corrected chi connectivity index (χ2v) is 9.47. The number of hydrogen-bond acceptors (Lipinski definition) is 6. The van der Waals surface area contributed by atoms with E-state index in [4.69, 9.17) is 5.14 Å². The Morgan fingerprint density at radius 3 is 2.53 bits per heavy atom. The third kappa shape index (κ3) is 5.26. The Labute approximate surface area is 179 Å². The first kappa shape index (κ1) is 22.0. The molecule has 1 unspecified atom stereocenters. The molecule has 0 radical (unpaired) electrons. The highest BCUT2D eigenvalue weighted by molar-refractivity contribution is 7.99. The summed E-state index contributed by atoms with van der Waals surface area (Å²) in [6.45, 7) is 5.88. The van der Waals surface area contributed by atoms with Gasteiger partial charge < -0.3 is 5.32 Å². The molecule has 0 bridgehead atoms. The number of sulfonamides is 1. The molecule has 2 aromatic carbocycles. The normalized spacial score (nSPS) is 12.5. The summed E-state index contributed by atoms with van der Waals surface area (Å²) in [5.41, 5.74) is 4.01. The second kappa shape index (κ2) is 8.99. The van der Waals surface area contributed by atoms with Crippen LogP contribution in [0.5, 0.6) is 0 Å². The van der Waals surface area contributed by atoms with Gasteiger partial charge in [-0.3, -0.25) is 9.36 Å². The van der Waals surface area contributed by atoms with Crippen molar-refractivity contribution < 1.29 is 13.2 Å². The van der Waals surface area contributed by atoms with E-state index in [1.807, 2.05) is 37.5 Å². The van der Waals surface area contributed by atoms with Crippen LogP contribution in [-0.2, 0) is 14.8 Å². The van der Waals surface area contributed by atoms with E-state index in [1.54, 1.807) is 18.5 Å². The first-order valence-corrected chi connectivity index (χ1v) is 11.7. The number of thioether (sulfide) groups is 1. The molecule has 0 saturated carbocycles. The smallest absolute Gasteiger partial charge is 0.238 e. The van der Waals surface area contributed by atoms with Crippen molar-refractivity contribution in [2.75, 3.05) is 5.75 Å². The van der Waals surface area contributed by atoms with E-state index in [1.165, 1.54) is 29.5 Å². The topological polar surface area (TPSA) is 120 Å². The molecular formula is C20H23N5O3S2.